The minimum Gasteiger partial charge on any atom is -0.318 e. The van der Waals surface area contributed by atoms with Gasteiger partial charge in [0.2, 0.25) is 20.2 Å². The fourth-order valence-corrected chi connectivity index (χ4v) is 5.37. The minimum absolute atomic E-state index is 0.0374. The van der Waals surface area contributed by atoms with Crippen LogP contribution < -0.4 is 0 Å². The van der Waals surface area contributed by atoms with E-state index in [4.69, 9.17) is 5.41 Å². The van der Waals surface area contributed by atoms with E-state index in [1.807, 2.05) is 24.5 Å². The number of benzene rings is 1. The van der Waals surface area contributed by atoms with Crippen molar-refractivity contribution in [3.63, 3.8) is 0 Å². The summed E-state index contributed by atoms with van der Waals surface area (Å²) in [5.74, 6) is -1.45. The molecule has 160 valence electrons. The molecule has 0 radical (unpaired) electrons. The molecule has 2 aliphatic rings. The van der Waals surface area contributed by atoms with E-state index < -0.39 is 15.7 Å². The second kappa shape index (κ2) is 7.57. The molecule has 0 saturated carbocycles. The lowest BCUT2D eigenvalue weighted by molar-refractivity contribution is -0.114. The molecule has 0 atom stereocenters. The van der Waals surface area contributed by atoms with E-state index >= 15 is 0 Å². The van der Waals surface area contributed by atoms with Gasteiger partial charge < -0.3 is 4.57 Å². The molecule has 31 heavy (non-hydrogen) atoms. The monoisotopic (exact) mass is 459 g/mol. The van der Waals surface area contributed by atoms with Crippen molar-refractivity contribution < 1.29 is 17.6 Å². The van der Waals surface area contributed by atoms with Crippen molar-refractivity contribution in [1.29, 1.82) is 5.41 Å². The zero-order valence-electron chi connectivity index (χ0n) is 16.9. The predicted octanol–water partition coefficient (Wildman–Crippen LogP) is 3.24. The molecule has 0 fully saturated rings. The number of halogens is 1. The van der Waals surface area contributed by atoms with Gasteiger partial charge in [-0.05, 0) is 55.8 Å². The maximum atomic E-state index is 13.3. The van der Waals surface area contributed by atoms with Crippen molar-refractivity contribution in [3.8, 4) is 5.69 Å². The first-order chi connectivity index (χ1) is 14.6. The Kier molecular flexibility index (Phi) is 5.18. The first-order valence-corrected chi connectivity index (χ1v) is 11.7. The molecule has 2 aromatic rings. The number of carbonyl (C=O) groups is 1. The fourth-order valence-electron chi connectivity index (χ4n) is 3.41. The Morgan fingerprint density at radius 1 is 1.23 bits per heavy atom. The van der Waals surface area contributed by atoms with Crippen LogP contribution >= 0.6 is 11.9 Å². The number of aromatic nitrogens is 1. The second-order valence-electron chi connectivity index (χ2n) is 6.95. The number of amidine groups is 3. The summed E-state index contributed by atoms with van der Waals surface area (Å²) < 4.78 is 43.8. The normalized spacial score (nSPS) is 17.8. The summed E-state index contributed by atoms with van der Waals surface area (Å²) in [5.41, 5.74) is 3.01. The number of carbonyl (C=O) groups excluding carboxylic acids is 1. The third-order valence-electron chi connectivity index (χ3n) is 5.01. The minimum atomic E-state index is -3.71. The molecule has 11 heteroatoms. The number of sulfone groups is 1. The van der Waals surface area contributed by atoms with Crippen LogP contribution in [0.1, 0.15) is 23.9 Å². The summed E-state index contributed by atoms with van der Waals surface area (Å²) in [6.45, 7) is 5.20. The van der Waals surface area contributed by atoms with Gasteiger partial charge in [-0.1, -0.05) is 6.92 Å². The Morgan fingerprint density at radius 3 is 2.55 bits per heavy atom. The quantitative estimate of drug-likeness (QED) is 0.560. The molecule has 1 aromatic carbocycles. The second-order valence-corrected chi connectivity index (χ2v) is 9.85. The summed E-state index contributed by atoms with van der Waals surface area (Å²) in [5, 5.41) is 8.27. The highest BCUT2D eigenvalue weighted by atomic mass is 32.2. The maximum absolute atomic E-state index is 13.3. The van der Waals surface area contributed by atoms with Crippen molar-refractivity contribution in [2.45, 2.75) is 20.8 Å². The summed E-state index contributed by atoms with van der Waals surface area (Å²) in [4.78, 5) is 17.6. The zero-order chi connectivity index (χ0) is 22.5. The topological polar surface area (TPSA) is 108 Å². The lowest BCUT2D eigenvalue weighted by Crippen LogP contribution is -2.45. The van der Waals surface area contributed by atoms with Gasteiger partial charge >= 0.3 is 0 Å². The highest BCUT2D eigenvalue weighted by molar-refractivity contribution is 8.16. The number of aliphatic imine (C=N–C) groups is 1. The zero-order valence-corrected chi connectivity index (χ0v) is 18.5. The highest BCUT2D eigenvalue weighted by Gasteiger charge is 2.42. The first kappa shape index (κ1) is 21.2. The maximum Gasteiger partial charge on any atom is 0.283 e. The number of fused-ring (bicyclic) bond motifs is 1. The number of hydrogen-bond donors (Lipinski definition) is 1. The fraction of sp³-hybridized carbons (Fsp3) is 0.200. The van der Waals surface area contributed by atoms with E-state index in [0.29, 0.717) is 5.56 Å². The van der Waals surface area contributed by atoms with Crippen LogP contribution in [-0.2, 0) is 14.6 Å². The van der Waals surface area contributed by atoms with Crippen LogP contribution in [0.2, 0.25) is 0 Å². The summed E-state index contributed by atoms with van der Waals surface area (Å²) in [6, 6.07) is 7.86. The Hall–Kier alpha value is -3.05. The molecule has 2 aliphatic heterocycles. The van der Waals surface area contributed by atoms with E-state index in [1.165, 1.54) is 25.1 Å². The van der Waals surface area contributed by atoms with Gasteiger partial charge in [0.1, 0.15) is 11.7 Å². The molecule has 8 nitrogen and oxygen atoms in total. The average molecular weight is 460 g/mol. The van der Waals surface area contributed by atoms with E-state index in [-0.39, 0.29) is 33.3 Å². The molecular formula is C20H18FN5O3S2. The van der Waals surface area contributed by atoms with Crippen molar-refractivity contribution >= 4 is 49.9 Å². The van der Waals surface area contributed by atoms with Crippen molar-refractivity contribution in [1.82, 2.24) is 9.47 Å². The highest BCUT2D eigenvalue weighted by Crippen LogP contribution is 2.31. The molecule has 0 bridgehead atoms. The average Bonchev–Trinajstić information content (AvgIpc) is 3.27. The number of aryl methyl sites for hydroxylation is 1. The van der Waals surface area contributed by atoms with Crippen LogP contribution in [0.4, 0.5) is 4.39 Å². The van der Waals surface area contributed by atoms with Gasteiger partial charge in [-0.15, -0.1) is 0 Å². The molecule has 1 aromatic heterocycles. The summed E-state index contributed by atoms with van der Waals surface area (Å²) in [7, 11) is -3.71. The number of hydrogen-bond acceptors (Lipinski definition) is 6. The Bertz CT molecular complexity index is 1320. The lowest BCUT2D eigenvalue weighted by atomic mass is 10.1. The third-order valence-corrected chi connectivity index (χ3v) is 7.41. The molecular weight excluding hydrogens is 441 g/mol. The number of amides is 1. The van der Waals surface area contributed by atoms with Crippen molar-refractivity contribution in [3.05, 3.63) is 58.7 Å². The van der Waals surface area contributed by atoms with Crippen LogP contribution in [0.25, 0.3) is 11.8 Å². The third kappa shape index (κ3) is 3.53. The molecule has 1 N–H and O–H groups in total. The van der Waals surface area contributed by atoms with Crippen LogP contribution in [0.15, 0.2) is 45.3 Å². The van der Waals surface area contributed by atoms with Crippen LogP contribution in [0.3, 0.4) is 0 Å². The van der Waals surface area contributed by atoms with Crippen LogP contribution in [0, 0.1) is 25.1 Å². The standard InChI is InChI=1S/C20H18FN5O3S2/c1-4-31(28,29)20-24-30-19-23-18(27)16(17(22)26(19)20)10-13-9-11(2)25(12(13)3)15-7-5-14(21)6-8-15/h5-10,22H,4H2,1-3H3/b16-10-,22-17?. The van der Waals surface area contributed by atoms with E-state index in [9.17, 15) is 17.6 Å². The molecule has 0 saturated heterocycles. The van der Waals surface area contributed by atoms with Crippen LogP contribution in [0.5, 0.6) is 0 Å². The predicted molar refractivity (Wildman–Crippen MR) is 120 cm³/mol. The Morgan fingerprint density at radius 2 is 1.90 bits per heavy atom. The smallest absolute Gasteiger partial charge is 0.283 e. The Labute approximate surface area is 182 Å². The number of nitrogens with one attached hydrogen (secondary N) is 1. The van der Waals surface area contributed by atoms with Gasteiger partial charge in [0.15, 0.2) is 0 Å². The first-order valence-electron chi connectivity index (χ1n) is 9.30. The van der Waals surface area contributed by atoms with Gasteiger partial charge in [-0.2, -0.15) is 9.39 Å². The molecule has 3 heterocycles. The molecule has 0 unspecified atom stereocenters. The van der Waals surface area contributed by atoms with E-state index in [1.54, 1.807) is 12.1 Å². The molecule has 0 aliphatic carbocycles. The summed E-state index contributed by atoms with van der Waals surface area (Å²) in [6.07, 6.45) is 1.52. The van der Waals surface area contributed by atoms with Gasteiger partial charge in [-0.25, -0.2) is 17.7 Å². The lowest BCUT2D eigenvalue weighted by Gasteiger charge is -2.24. The van der Waals surface area contributed by atoms with Gasteiger partial charge in [0, 0.05) is 17.1 Å². The molecule has 1 amide bonds. The SMILES string of the molecule is CCS(=O)(=O)C1=NSC2=NC(=O)/C(=C\c3cc(C)n(-c4ccc(F)cc4)c3C)C(=N)N21. The summed E-state index contributed by atoms with van der Waals surface area (Å²) >= 11 is 0.762. The van der Waals surface area contributed by atoms with Gasteiger partial charge in [0.25, 0.3) is 5.91 Å². The molecule has 4 rings (SSSR count). The molecule has 0 spiro atoms. The van der Waals surface area contributed by atoms with E-state index in [2.05, 4.69) is 9.39 Å². The largest absolute Gasteiger partial charge is 0.318 e. The van der Waals surface area contributed by atoms with E-state index in [0.717, 1.165) is 33.9 Å². The number of nitrogens with zero attached hydrogens (tertiary/aromatic N) is 4. The van der Waals surface area contributed by atoms with Gasteiger partial charge in [0.05, 0.1) is 23.3 Å². The van der Waals surface area contributed by atoms with Crippen LogP contribution in [-0.4, -0.2) is 45.7 Å². The van der Waals surface area contributed by atoms with Crippen molar-refractivity contribution in [2.24, 2.45) is 9.39 Å². The van der Waals surface area contributed by atoms with Gasteiger partial charge in [-0.3, -0.25) is 10.2 Å². The Balaban J connectivity index is 1.77. The number of rotatable bonds is 3. The van der Waals surface area contributed by atoms with Crippen molar-refractivity contribution in [2.75, 3.05) is 5.75 Å².